The highest BCUT2D eigenvalue weighted by Crippen LogP contribution is 2.13. The van der Waals surface area contributed by atoms with Crippen LogP contribution in [0.25, 0.3) is 0 Å². The Morgan fingerprint density at radius 1 is 1.29 bits per heavy atom. The molecule has 0 spiro atoms. The predicted octanol–water partition coefficient (Wildman–Crippen LogP) is -1.64. The molecular formula is C7H12N4O3. The lowest BCUT2D eigenvalue weighted by Gasteiger charge is -2.20. The number of nitrogens with one attached hydrogen (secondary N) is 3. The quantitative estimate of drug-likeness (QED) is 0.440. The van der Waals surface area contributed by atoms with Crippen LogP contribution in [-0.4, -0.2) is 47.6 Å². The molecular weight excluding hydrogens is 188 g/mol. The number of nitrogens with zero attached hydrogens (tertiary/aromatic N) is 1. The lowest BCUT2D eigenvalue weighted by molar-refractivity contribution is 0.186. The minimum Gasteiger partial charge on any atom is -0.396 e. The molecule has 4 N–H and O–H groups in total. The summed E-state index contributed by atoms with van der Waals surface area (Å²) in [6.45, 7) is 0.466. The Morgan fingerprint density at radius 3 is 2.79 bits per heavy atom. The second-order valence-electron chi connectivity index (χ2n) is 3.26. The van der Waals surface area contributed by atoms with Crippen LogP contribution in [0.15, 0.2) is 0 Å². The Bertz CT molecular complexity index is 270. The maximum Gasteiger partial charge on any atom is 0.320 e. The van der Waals surface area contributed by atoms with Gasteiger partial charge in [-0.2, -0.15) is 0 Å². The Morgan fingerprint density at radius 2 is 2.07 bits per heavy atom. The first-order valence-corrected chi connectivity index (χ1v) is 4.47. The van der Waals surface area contributed by atoms with Crippen molar-refractivity contribution >= 4 is 12.1 Å². The number of carbonyl (C=O) groups excluding carboxylic acids is 2. The van der Waals surface area contributed by atoms with Crippen LogP contribution in [0, 0.1) is 0 Å². The fraction of sp³-hybridized carbons (Fsp3) is 0.714. The molecule has 2 atom stereocenters. The van der Waals surface area contributed by atoms with Gasteiger partial charge in [0.1, 0.15) is 12.3 Å². The van der Waals surface area contributed by atoms with Gasteiger partial charge in [-0.05, 0) is 6.42 Å². The smallest absolute Gasteiger partial charge is 0.320 e. The first-order valence-electron chi connectivity index (χ1n) is 4.47. The van der Waals surface area contributed by atoms with Crippen molar-refractivity contribution in [3.63, 3.8) is 0 Å². The fourth-order valence-corrected chi connectivity index (χ4v) is 1.68. The maximum absolute atomic E-state index is 11.3. The van der Waals surface area contributed by atoms with Gasteiger partial charge in [0.05, 0.1) is 0 Å². The normalized spacial score (nSPS) is 29.6. The zero-order valence-corrected chi connectivity index (χ0v) is 7.49. The lowest BCUT2D eigenvalue weighted by atomic mass is 10.3. The molecule has 0 aliphatic carbocycles. The summed E-state index contributed by atoms with van der Waals surface area (Å²) in [6.07, 6.45) is -0.179. The van der Waals surface area contributed by atoms with Crippen molar-refractivity contribution in [2.45, 2.75) is 18.8 Å². The number of hydrogen-bond donors (Lipinski definition) is 4. The van der Waals surface area contributed by atoms with E-state index in [1.807, 2.05) is 0 Å². The van der Waals surface area contributed by atoms with Crippen LogP contribution in [0.4, 0.5) is 9.59 Å². The lowest BCUT2D eigenvalue weighted by Crippen LogP contribution is -2.44. The van der Waals surface area contributed by atoms with E-state index in [4.69, 9.17) is 5.11 Å². The summed E-state index contributed by atoms with van der Waals surface area (Å²) >= 11 is 0. The number of aliphatic hydroxyl groups is 1. The molecule has 0 bridgehead atoms. The first-order chi connectivity index (χ1) is 6.72. The van der Waals surface area contributed by atoms with Gasteiger partial charge in [-0.25, -0.2) is 9.59 Å². The average molecular weight is 200 g/mol. The minimum absolute atomic E-state index is 0.0303. The van der Waals surface area contributed by atoms with E-state index in [-0.39, 0.29) is 31.0 Å². The molecule has 2 aliphatic heterocycles. The van der Waals surface area contributed by atoms with Crippen LogP contribution >= 0.6 is 0 Å². The van der Waals surface area contributed by atoms with E-state index in [1.54, 1.807) is 0 Å². The minimum atomic E-state index is -0.353. The molecule has 2 rings (SSSR count). The van der Waals surface area contributed by atoms with Crippen molar-refractivity contribution in [1.29, 1.82) is 0 Å². The van der Waals surface area contributed by atoms with Gasteiger partial charge in [0, 0.05) is 13.2 Å². The standard InChI is InChI=1S/C7H12N4O3/c12-3-1-2-11-5-4(9-7(11)14)8-6(13)10-5/h4-5,12H,1-3H2,(H,9,14)(H2,8,10,13). The zero-order chi connectivity index (χ0) is 10.1. The van der Waals surface area contributed by atoms with Crippen LogP contribution in [-0.2, 0) is 0 Å². The van der Waals surface area contributed by atoms with Gasteiger partial charge in [0.15, 0.2) is 0 Å². The van der Waals surface area contributed by atoms with Gasteiger partial charge in [0.25, 0.3) is 0 Å². The third-order valence-electron chi connectivity index (χ3n) is 2.31. The number of carbonyl (C=O) groups is 2. The number of rotatable bonds is 3. The molecule has 2 fully saturated rings. The third-order valence-corrected chi connectivity index (χ3v) is 2.31. The second kappa shape index (κ2) is 3.33. The molecule has 2 aliphatic rings. The van der Waals surface area contributed by atoms with Crippen molar-refractivity contribution in [1.82, 2.24) is 20.9 Å². The molecule has 0 radical (unpaired) electrons. The molecule has 2 heterocycles. The number of urea groups is 2. The second-order valence-corrected chi connectivity index (χ2v) is 3.26. The molecule has 2 unspecified atom stereocenters. The summed E-state index contributed by atoms with van der Waals surface area (Å²) in [4.78, 5) is 23.8. The van der Waals surface area contributed by atoms with Gasteiger partial charge in [-0.15, -0.1) is 0 Å². The van der Waals surface area contributed by atoms with E-state index in [9.17, 15) is 9.59 Å². The highest BCUT2D eigenvalue weighted by Gasteiger charge is 2.44. The van der Waals surface area contributed by atoms with E-state index >= 15 is 0 Å². The number of aliphatic hydroxyl groups excluding tert-OH is 1. The van der Waals surface area contributed by atoms with Crippen molar-refractivity contribution in [2.75, 3.05) is 13.2 Å². The molecule has 0 saturated carbocycles. The van der Waals surface area contributed by atoms with Gasteiger partial charge in [-0.1, -0.05) is 0 Å². The molecule has 7 nitrogen and oxygen atoms in total. The summed E-state index contributed by atoms with van der Waals surface area (Å²) < 4.78 is 0. The van der Waals surface area contributed by atoms with Crippen molar-refractivity contribution in [2.24, 2.45) is 0 Å². The van der Waals surface area contributed by atoms with E-state index in [2.05, 4.69) is 16.0 Å². The Hall–Kier alpha value is -1.50. The summed E-state index contributed by atoms with van der Waals surface area (Å²) in [6, 6.07) is -0.505. The predicted molar refractivity (Wildman–Crippen MR) is 46.2 cm³/mol. The van der Waals surface area contributed by atoms with Crippen molar-refractivity contribution in [3.8, 4) is 0 Å². The van der Waals surface area contributed by atoms with Gasteiger partial charge >= 0.3 is 12.1 Å². The van der Waals surface area contributed by atoms with Gasteiger partial charge in [0.2, 0.25) is 0 Å². The van der Waals surface area contributed by atoms with Crippen LogP contribution in [0.1, 0.15) is 6.42 Å². The maximum atomic E-state index is 11.3. The molecule has 78 valence electrons. The number of hydrogen-bond acceptors (Lipinski definition) is 3. The third kappa shape index (κ3) is 1.35. The van der Waals surface area contributed by atoms with Crippen LogP contribution in [0.2, 0.25) is 0 Å². The molecule has 14 heavy (non-hydrogen) atoms. The summed E-state index contributed by atoms with van der Waals surface area (Å²) in [5.74, 6) is 0. The summed E-state index contributed by atoms with van der Waals surface area (Å²) in [5, 5.41) is 16.4. The summed E-state index contributed by atoms with van der Waals surface area (Å²) in [5.41, 5.74) is 0. The monoisotopic (exact) mass is 200 g/mol. The van der Waals surface area contributed by atoms with E-state index < -0.39 is 0 Å². The topological polar surface area (TPSA) is 93.7 Å². The van der Waals surface area contributed by atoms with Crippen LogP contribution < -0.4 is 16.0 Å². The largest absolute Gasteiger partial charge is 0.396 e. The molecule has 0 aromatic carbocycles. The molecule has 7 heteroatoms. The highest BCUT2D eigenvalue weighted by molar-refractivity contribution is 5.84. The molecule has 4 amide bonds. The highest BCUT2D eigenvalue weighted by atomic mass is 16.3. The fourth-order valence-electron chi connectivity index (χ4n) is 1.68. The average Bonchev–Trinajstić information content (AvgIpc) is 2.58. The molecule has 0 aromatic rings. The van der Waals surface area contributed by atoms with E-state index in [0.29, 0.717) is 13.0 Å². The Balaban J connectivity index is 2.01. The van der Waals surface area contributed by atoms with Gasteiger partial charge in [-0.3, -0.25) is 0 Å². The van der Waals surface area contributed by atoms with Gasteiger partial charge < -0.3 is 26.0 Å². The van der Waals surface area contributed by atoms with Crippen LogP contribution in [0.5, 0.6) is 0 Å². The first kappa shape index (κ1) is 9.07. The number of amides is 4. The number of fused-ring (bicyclic) bond motifs is 1. The Labute approximate surface area is 80.4 Å². The Kier molecular flexibility index (Phi) is 2.16. The van der Waals surface area contributed by atoms with E-state index in [1.165, 1.54) is 4.90 Å². The zero-order valence-electron chi connectivity index (χ0n) is 7.49. The molecule has 0 aromatic heterocycles. The van der Waals surface area contributed by atoms with Crippen LogP contribution in [0.3, 0.4) is 0 Å². The SMILES string of the molecule is O=C1NC2NC(=O)N(CCCO)C2N1. The molecule has 2 saturated heterocycles. The summed E-state index contributed by atoms with van der Waals surface area (Å²) in [7, 11) is 0. The van der Waals surface area contributed by atoms with Crippen molar-refractivity contribution in [3.05, 3.63) is 0 Å². The van der Waals surface area contributed by atoms with E-state index in [0.717, 1.165) is 0 Å². The van der Waals surface area contributed by atoms with Crippen molar-refractivity contribution < 1.29 is 14.7 Å².